The first-order valence-electron chi connectivity index (χ1n) is 7.12. The number of halogens is 1. The van der Waals surface area contributed by atoms with E-state index in [-0.39, 0.29) is 0 Å². The molecule has 1 aromatic carbocycles. The van der Waals surface area contributed by atoms with E-state index in [2.05, 4.69) is 11.4 Å². The highest BCUT2D eigenvalue weighted by Crippen LogP contribution is 2.22. The second kappa shape index (κ2) is 7.25. The van der Waals surface area contributed by atoms with Gasteiger partial charge in [0.15, 0.2) is 0 Å². The molecule has 2 rings (SSSR count). The summed E-state index contributed by atoms with van der Waals surface area (Å²) in [5.74, 6) is 0.771. The van der Waals surface area contributed by atoms with Gasteiger partial charge in [-0.25, -0.2) is 0 Å². The fourth-order valence-corrected chi connectivity index (χ4v) is 3.03. The summed E-state index contributed by atoms with van der Waals surface area (Å²) in [6.07, 6.45) is 4.83. The van der Waals surface area contributed by atoms with Crippen molar-refractivity contribution in [2.75, 3.05) is 6.54 Å². The molecule has 3 nitrogen and oxygen atoms in total. The van der Waals surface area contributed by atoms with E-state index in [4.69, 9.17) is 23.1 Å². The van der Waals surface area contributed by atoms with Crippen LogP contribution in [0.3, 0.4) is 0 Å². The Bertz CT molecular complexity index is 400. The normalized spacial score (nSPS) is 23.5. The molecule has 5 N–H and O–H groups in total. The Morgan fingerprint density at radius 2 is 1.79 bits per heavy atom. The van der Waals surface area contributed by atoms with Crippen LogP contribution in [0.15, 0.2) is 18.2 Å². The quantitative estimate of drug-likeness (QED) is 0.777. The van der Waals surface area contributed by atoms with Gasteiger partial charge < -0.3 is 16.8 Å². The van der Waals surface area contributed by atoms with Crippen molar-refractivity contribution in [1.82, 2.24) is 5.32 Å². The zero-order chi connectivity index (χ0) is 13.7. The van der Waals surface area contributed by atoms with Crippen LogP contribution in [-0.4, -0.2) is 12.6 Å². The fraction of sp³-hybridized carbons (Fsp3) is 0.600. The average Bonchev–Trinajstić information content (AvgIpc) is 2.40. The summed E-state index contributed by atoms with van der Waals surface area (Å²) >= 11 is 6.08. The summed E-state index contributed by atoms with van der Waals surface area (Å²) in [5, 5.41) is 4.29. The zero-order valence-corrected chi connectivity index (χ0v) is 12.1. The van der Waals surface area contributed by atoms with Crippen LogP contribution < -0.4 is 16.8 Å². The first-order valence-corrected chi connectivity index (χ1v) is 7.50. The number of rotatable bonds is 5. The van der Waals surface area contributed by atoms with Crippen molar-refractivity contribution in [2.24, 2.45) is 17.4 Å². The second-order valence-electron chi connectivity index (χ2n) is 5.58. The highest BCUT2D eigenvalue weighted by atomic mass is 35.5. The highest BCUT2D eigenvalue weighted by molar-refractivity contribution is 6.30. The van der Waals surface area contributed by atoms with Crippen LogP contribution in [-0.2, 0) is 13.1 Å². The van der Waals surface area contributed by atoms with Crippen LogP contribution in [0, 0.1) is 5.92 Å². The standard InChI is InChI=1S/C15H24ClN3/c16-14-6-12(8-17)5-13(7-14)10-19-9-11-1-3-15(18)4-2-11/h5-7,11,15,19H,1-4,8-10,17-18H2/t11-,15-. The van der Waals surface area contributed by atoms with Gasteiger partial charge in [-0.3, -0.25) is 0 Å². The van der Waals surface area contributed by atoms with E-state index in [1.165, 1.54) is 31.2 Å². The molecule has 0 aromatic heterocycles. The number of nitrogens with one attached hydrogen (secondary N) is 1. The molecule has 4 heteroatoms. The molecule has 106 valence electrons. The topological polar surface area (TPSA) is 64.1 Å². The first-order chi connectivity index (χ1) is 9.17. The third kappa shape index (κ3) is 4.77. The molecule has 1 saturated carbocycles. The van der Waals surface area contributed by atoms with Crippen LogP contribution in [0.5, 0.6) is 0 Å². The predicted octanol–water partition coefficient (Wildman–Crippen LogP) is 2.41. The Morgan fingerprint density at radius 3 is 2.47 bits per heavy atom. The lowest BCUT2D eigenvalue weighted by Gasteiger charge is -2.26. The minimum atomic E-state index is 0.427. The van der Waals surface area contributed by atoms with Gasteiger partial charge in [0.25, 0.3) is 0 Å². The van der Waals surface area contributed by atoms with Gasteiger partial charge in [-0.2, -0.15) is 0 Å². The van der Waals surface area contributed by atoms with Crippen molar-refractivity contribution >= 4 is 11.6 Å². The van der Waals surface area contributed by atoms with Gasteiger partial charge in [-0.1, -0.05) is 17.7 Å². The fourth-order valence-electron chi connectivity index (χ4n) is 2.75. The van der Waals surface area contributed by atoms with Crippen LogP contribution in [0.2, 0.25) is 5.02 Å². The van der Waals surface area contributed by atoms with Crippen LogP contribution in [0.25, 0.3) is 0 Å². The van der Waals surface area contributed by atoms with Crippen LogP contribution in [0.1, 0.15) is 36.8 Å². The number of nitrogens with two attached hydrogens (primary N) is 2. The van der Waals surface area contributed by atoms with Gasteiger partial charge >= 0.3 is 0 Å². The molecule has 19 heavy (non-hydrogen) atoms. The van der Waals surface area contributed by atoms with Gasteiger partial charge in [0.05, 0.1) is 0 Å². The largest absolute Gasteiger partial charge is 0.328 e. The van der Waals surface area contributed by atoms with Crippen molar-refractivity contribution in [3.63, 3.8) is 0 Å². The van der Waals surface area contributed by atoms with E-state index in [9.17, 15) is 0 Å². The Balaban J connectivity index is 1.77. The van der Waals surface area contributed by atoms with Crippen LogP contribution >= 0.6 is 11.6 Å². The van der Waals surface area contributed by atoms with Crippen LogP contribution in [0.4, 0.5) is 0 Å². The van der Waals surface area contributed by atoms with Gasteiger partial charge in [0.1, 0.15) is 0 Å². The van der Waals surface area contributed by atoms with E-state index >= 15 is 0 Å². The Kier molecular flexibility index (Phi) is 5.64. The maximum absolute atomic E-state index is 6.08. The third-order valence-electron chi connectivity index (χ3n) is 3.91. The maximum atomic E-state index is 6.08. The van der Waals surface area contributed by atoms with Crippen molar-refractivity contribution in [3.05, 3.63) is 34.3 Å². The third-order valence-corrected chi connectivity index (χ3v) is 4.12. The summed E-state index contributed by atoms with van der Waals surface area (Å²) in [4.78, 5) is 0. The van der Waals surface area contributed by atoms with Crippen molar-refractivity contribution in [1.29, 1.82) is 0 Å². The smallest absolute Gasteiger partial charge is 0.0412 e. The summed E-state index contributed by atoms with van der Waals surface area (Å²) in [6.45, 7) is 2.46. The lowest BCUT2D eigenvalue weighted by atomic mass is 9.86. The zero-order valence-electron chi connectivity index (χ0n) is 11.4. The van der Waals surface area contributed by atoms with E-state index in [0.717, 1.165) is 29.6 Å². The predicted molar refractivity (Wildman–Crippen MR) is 81.0 cm³/mol. The van der Waals surface area contributed by atoms with Gasteiger partial charge in [0.2, 0.25) is 0 Å². The molecular formula is C15H24ClN3. The van der Waals surface area contributed by atoms with E-state index in [1.807, 2.05) is 12.1 Å². The first kappa shape index (κ1) is 14.8. The van der Waals surface area contributed by atoms with Gasteiger partial charge in [0, 0.05) is 24.2 Å². The Hall–Kier alpha value is -0.610. The lowest BCUT2D eigenvalue weighted by molar-refractivity contribution is 0.314. The minimum Gasteiger partial charge on any atom is -0.328 e. The van der Waals surface area contributed by atoms with E-state index < -0.39 is 0 Å². The average molecular weight is 282 g/mol. The molecule has 0 atom stereocenters. The Morgan fingerprint density at radius 1 is 1.11 bits per heavy atom. The van der Waals surface area contributed by atoms with E-state index in [0.29, 0.717) is 12.6 Å². The summed E-state index contributed by atoms with van der Waals surface area (Å²) in [7, 11) is 0. The molecule has 0 amide bonds. The number of hydrogen-bond donors (Lipinski definition) is 3. The second-order valence-corrected chi connectivity index (χ2v) is 6.02. The molecule has 0 heterocycles. The number of benzene rings is 1. The van der Waals surface area contributed by atoms with Crippen molar-refractivity contribution in [3.8, 4) is 0 Å². The molecule has 0 bridgehead atoms. The van der Waals surface area contributed by atoms with E-state index in [1.54, 1.807) is 0 Å². The molecule has 0 spiro atoms. The maximum Gasteiger partial charge on any atom is 0.0412 e. The molecule has 1 fully saturated rings. The lowest BCUT2D eigenvalue weighted by Crippen LogP contribution is -2.31. The Labute approximate surface area is 120 Å². The summed E-state index contributed by atoms with van der Waals surface area (Å²) in [5.41, 5.74) is 13.9. The molecule has 1 aromatic rings. The number of hydrogen-bond acceptors (Lipinski definition) is 3. The molecule has 1 aliphatic carbocycles. The molecular weight excluding hydrogens is 258 g/mol. The molecule has 0 saturated heterocycles. The van der Waals surface area contributed by atoms with Gasteiger partial charge in [-0.15, -0.1) is 0 Å². The minimum absolute atomic E-state index is 0.427. The SMILES string of the molecule is NCc1cc(Cl)cc(CNC[C@H]2CC[C@H](N)CC2)c1. The highest BCUT2D eigenvalue weighted by Gasteiger charge is 2.17. The molecule has 0 aliphatic heterocycles. The van der Waals surface area contributed by atoms with Crippen molar-refractivity contribution in [2.45, 2.75) is 44.8 Å². The molecule has 1 aliphatic rings. The van der Waals surface area contributed by atoms with Crippen molar-refractivity contribution < 1.29 is 0 Å². The van der Waals surface area contributed by atoms with Gasteiger partial charge in [-0.05, 0) is 61.4 Å². The monoisotopic (exact) mass is 281 g/mol. The molecule has 0 radical (unpaired) electrons. The summed E-state index contributed by atoms with van der Waals surface area (Å²) < 4.78 is 0. The molecule has 0 unspecified atom stereocenters. The summed E-state index contributed by atoms with van der Waals surface area (Å²) in [6, 6.07) is 6.48.